The van der Waals surface area contributed by atoms with Crippen molar-refractivity contribution in [3.05, 3.63) is 47.5 Å². The minimum atomic E-state index is 0.195. The number of ether oxygens (including phenoxy) is 3. The van der Waals surface area contributed by atoms with Crippen LogP contribution in [-0.4, -0.2) is 46.8 Å². The molecule has 2 aromatic carbocycles. The number of nitrogens with one attached hydrogen (secondary N) is 2. The molecule has 31 heavy (non-hydrogen) atoms. The molecule has 0 saturated carbocycles. The number of benzene rings is 2. The molecule has 2 N–H and O–H groups in total. The molecule has 1 amide bonds. The van der Waals surface area contributed by atoms with Gasteiger partial charge >= 0.3 is 0 Å². The van der Waals surface area contributed by atoms with Gasteiger partial charge in [0.05, 0.1) is 21.3 Å². The van der Waals surface area contributed by atoms with Gasteiger partial charge in [-0.25, -0.2) is 0 Å². The van der Waals surface area contributed by atoms with Crippen LogP contribution in [0.15, 0.2) is 41.4 Å². The molecule has 0 bridgehead atoms. The third-order valence-corrected chi connectivity index (χ3v) is 5.24. The van der Waals surface area contributed by atoms with Crippen molar-refractivity contribution in [2.45, 2.75) is 25.9 Å². The summed E-state index contributed by atoms with van der Waals surface area (Å²) in [5.74, 6) is 2.65. The standard InChI is InChI=1S/C23H30N4O4/c1-24-23(26-15-17-9-12-19(29-2)22(31-4)21(17)30-3)25-14-16-7-10-18(11-8-16)27-13-5-6-20(27)28/h7-12H,5-6,13-15H2,1-4H3,(H2,24,25,26). The third-order valence-electron chi connectivity index (χ3n) is 5.24. The first-order chi connectivity index (χ1) is 15.1. The predicted octanol–water partition coefficient (Wildman–Crippen LogP) is 2.70. The Morgan fingerprint density at radius 2 is 1.68 bits per heavy atom. The molecule has 1 fully saturated rings. The topological polar surface area (TPSA) is 84.4 Å². The van der Waals surface area contributed by atoms with Crippen LogP contribution in [0.5, 0.6) is 17.2 Å². The second-order valence-corrected chi connectivity index (χ2v) is 7.09. The number of guanidine groups is 1. The highest BCUT2D eigenvalue weighted by atomic mass is 16.5. The van der Waals surface area contributed by atoms with Gasteiger partial charge in [0.1, 0.15) is 0 Å². The Morgan fingerprint density at radius 3 is 2.26 bits per heavy atom. The van der Waals surface area contributed by atoms with Crippen molar-refractivity contribution in [3.8, 4) is 17.2 Å². The number of nitrogens with zero attached hydrogens (tertiary/aromatic N) is 2. The number of methoxy groups -OCH3 is 3. The Labute approximate surface area is 183 Å². The van der Waals surface area contributed by atoms with Crippen molar-refractivity contribution < 1.29 is 19.0 Å². The smallest absolute Gasteiger partial charge is 0.227 e. The van der Waals surface area contributed by atoms with E-state index in [9.17, 15) is 4.79 Å². The van der Waals surface area contributed by atoms with Gasteiger partial charge in [-0.2, -0.15) is 0 Å². The van der Waals surface area contributed by atoms with Crippen LogP contribution in [0.25, 0.3) is 0 Å². The predicted molar refractivity (Wildman–Crippen MR) is 121 cm³/mol. The summed E-state index contributed by atoms with van der Waals surface area (Å²) in [4.78, 5) is 18.0. The summed E-state index contributed by atoms with van der Waals surface area (Å²) >= 11 is 0. The van der Waals surface area contributed by atoms with Gasteiger partial charge in [0.25, 0.3) is 0 Å². The summed E-state index contributed by atoms with van der Waals surface area (Å²) in [6, 6.07) is 11.8. The lowest BCUT2D eigenvalue weighted by atomic mass is 10.1. The lowest BCUT2D eigenvalue weighted by molar-refractivity contribution is -0.117. The molecule has 0 radical (unpaired) electrons. The fourth-order valence-corrected chi connectivity index (χ4v) is 3.60. The number of hydrogen-bond acceptors (Lipinski definition) is 5. The van der Waals surface area contributed by atoms with E-state index in [1.54, 1.807) is 28.4 Å². The fraction of sp³-hybridized carbons (Fsp3) is 0.391. The van der Waals surface area contributed by atoms with Gasteiger partial charge in [-0.3, -0.25) is 9.79 Å². The van der Waals surface area contributed by atoms with Crippen molar-refractivity contribution in [2.24, 2.45) is 4.99 Å². The van der Waals surface area contributed by atoms with Gasteiger partial charge < -0.3 is 29.7 Å². The molecule has 8 nitrogen and oxygen atoms in total. The fourth-order valence-electron chi connectivity index (χ4n) is 3.60. The number of anilines is 1. The van der Waals surface area contributed by atoms with E-state index in [2.05, 4.69) is 15.6 Å². The summed E-state index contributed by atoms with van der Waals surface area (Å²) in [5, 5.41) is 6.60. The SMILES string of the molecule is CN=C(NCc1ccc(N2CCCC2=O)cc1)NCc1ccc(OC)c(OC)c1OC. The zero-order valence-electron chi connectivity index (χ0n) is 18.5. The first-order valence-corrected chi connectivity index (χ1v) is 10.2. The lowest BCUT2D eigenvalue weighted by Gasteiger charge is -2.18. The molecule has 3 rings (SSSR count). The van der Waals surface area contributed by atoms with Gasteiger partial charge in [0, 0.05) is 44.4 Å². The Bertz CT molecular complexity index is 928. The zero-order chi connectivity index (χ0) is 22.2. The van der Waals surface area contributed by atoms with E-state index in [-0.39, 0.29) is 5.91 Å². The van der Waals surface area contributed by atoms with Crippen LogP contribution in [-0.2, 0) is 17.9 Å². The minimum absolute atomic E-state index is 0.195. The van der Waals surface area contributed by atoms with Crippen LogP contribution in [0, 0.1) is 0 Å². The van der Waals surface area contributed by atoms with Crippen LogP contribution < -0.4 is 29.7 Å². The minimum Gasteiger partial charge on any atom is -0.493 e. The van der Waals surface area contributed by atoms with Crippen LogP contribution in [0.4, 0.5) is 5.69 Å². The average molecular weight is 427 g/mol. The number of carbonyl (C=O) groups is 1. The Balaban J connectivity index is 1.58. The van der Waals surface area contributed by atoms with Crippen molar-refractivity contribution in [2.75, 3.05) is 39.8 Å². The van der Waals surface area contributed by atoms with E-state index in [4.69, 9.17) is 14.2 Å². The van der Waals surface area contributed by atoms with E-state index in [0.717, 1.165) is 29.8 Å². The van der Waals surface area contributed by atoms with Crippen molar-refractivity contribution in [1.82, 2.24) is 10.6 Å². The summed E-state index contributed by atoms with van der Waals surface area (Å²) in [6.45, 7) is 1.91. The van der Waals surface area contributed by atoms with E-state index in [1.165, 1.54) is 0 Å². The summed E-state index contributed by atoms with van der Waals surface area (Å²) in [5.41, 5.74) is 2.97. The van der Waals surface area contributed by atoms with Gasteiger partial charge in [0.15, 0.2) is 17.5 Å². The molecule has 1 saturated heterocycles. The summed E-state index contributed by atoms with van der Waals surface area (Å²) < 4.78 is 16.3. The molecule has 166 valence electrons. The second-order valence-electron chi connectivity index (χ2n) is 7.09. The zero-order valence-corrected chi connectivity index (χ0v) is 18.5. The molecule has 8 heteroatoms. The number of amides is 1. The molecule has 1 aliphatic heterocycles. The first-order valence-electron chi connectivity index (χ1n) is 10.2. The van der Waals surface area contributed by atoms with Gasteiger partial charge in [-0.05, 0) is 36.2 Å². The molecule has 0 aliphatic carbocycles. The van der Waals surface area contributed by atoms with E-state index in [1.807, 2.05) is 41.3 Å². The maximum atomic E-state index is 11.9. The monoisotopic (exact) mass is 426 g/mol. The Kier molecular flexibility index (Phi) is 7.59. The summed E-state index contributed by atoms with van der Waals surface area (Å²) in [6.07, 6.45) is 1.56. The molecular formula is C23H30N4O4. The number of aliphatic imine (C=N–C) groups is 1. The Morgan fingerprint density at radius 1 is 0.968 bits per heavy atom. The normalized spacial score (nSPS) is 13.9. The van der Waals surface area contributed by atoms with E-state index >= 15 is 0 Å². The number of hydrogen-bond donors (Lipinski definition) is 2. The number of rotatable bonds is 8. The van der Waals surface area contributed by atoms with Crippen LogP contribution in [0.1, 0.15) is 24.0 Å². The summed E-state index contributed by atoms with van der Waals surface area (Å²) in [7, 11) is 6.51. The van der Waals surface area contributed by atoms with Gasteiger partial charge in [0.2, 0.25) is 11.7 Å². The molecule has 1 aliphatic rings. The maximum absolute atomic E-state index is 11.9. The van der Waals surface area contributed by atoms with Gasteiger partial charge in [-0.1, -0.05) is 12.1 Å². The van der Waals surface area contributed by atoms with Crippen molar-refractivity contribution in [3.63, 3.8) is 0 Å². The molecule has 0 unspecified atom stereocenters. The second kappa shape index (κ2) is 10.6. The highest BCUT2D eigenvalue weighted by Gasteiger charge is 2.21. The molecule has 0 spiro atoms. The van der Waals surface area contributed by atoms with Crippen LogP contribution in [0.3, 0.4) is 0 Å². The molecular weight excluding hydrogens is 396 g/mol. The third kappa shape index (κ3) is 5.20. The molecule has 2 aromatic rings. The van der Waals surface area contributed by atoms with Crippen molar-refractivity contribution in [1.29, 1.82) is 0 Å². The Hall–Kier alpha value is -3.42. The highest BCUT2D eigenvalue weighted by Crippen LogP contribution is 2.39. The average Bonchev–Trinajstić information content (AvgIpc) is 3.24. The van der Waals surface area contributed by atoms with Crippen LogP contribution in [0.2, 0.25) is 0 Å². The number of carbonyl (C=O) groups excluding carboxylic acids is 1. The molecule has 0 aromatic heterocycles. The quantitative estimate of drug-likeness (QED) is 0.499. The van der Waals surface area contributed by atoms with E-state index < -0.39 is 0 Å². The maximum Gasteiger partial charge on any atom is 0.227 e. The van der Waals surface area contributed by atoms with Crippen LogP contribution >= 0.6 is 0 Å². The largest absolute Gasteiger partial charge is 0.493 e. The van der Waals surface area contributed by atoms with E-state index in [0.29, 0.717) is 42.7 Å². The molecule has 0 atom stereocenters. The highest BCUT2D eigenvalue weighted by molar-refractivity contribution is 5.95. The molecule has 1 heterocycles. The van der Waals surface area contributed by atoms with Crippen molar-refractivity contribution >= 4 is 17.6 Å². The van der Waals surface area contributed by atoms with Gasteiger partial charge in [-0.15, -0.1) is 0 Å². The lowest BCUT2D eigenvalue weighted by Crippen LogP contribution is -2.36. The first kappa shape index (κ1) is 22.3.